The molecule has 0 atom stereocenters. The average molecular weight is 338 g/mol. The molecule has 1 heterocycles. The van der Waals surface area contributed by atoms with Gasteiger partial charge in [0.15, 0.2) is 6.73 Å². The lowest BCUT2D eigenvalue weighted by Gasteiger charge is -2.07. The van der Waals surface area contributed by atoms with Gasteiger partial charge in [-0.15, -0.1) is 0 Å². The smallest absolute Gasteiger partial charge is 0.271 e. The van der Waals surface area contributed by atoms with Gasteiger partial charge in [0.25, 0.3) is 5.91 Å². The zero-order chi connectivity index (χ0) is 16.7. The molecule has 0 radical (unpaired) electrons. The maximum atomic E-state index is 11.9. The Kier molecular flexibility index (Phi) is 6.43. The second kappa shape index (κ2) is 8.55. The predicted molar refractivity (Wildman–Crippen MR) is 87.9 cm³/mol. The van der Waals surface area contributed by atoms with E-state index in [4.69, 9.17) is 21.1 Å². The highest BCUT2D eigenvalue weighted by molar-refractivity contribution is 6.31. The monoisotopic (exact) mass is 337 g/mol. The van der Waals surface area contributed by atoms with Gasteiger partial charge in [-0.3, -0.25) is 4.79 Å². The van der Waals surface area contributed by atoms with Crippen molar-refractivity contribution in [1.82, 2.24) is 15.1 Å². The number of amides is 1. The molecule has 0 saturated carbocycles. The van der Waals surface area contributed by atoms with Gasteiger partial charge in [0, 0.05) is 31.5 Å². The fraction of sp³-hybridized carbons (Fsp3) is 0.375. The van der Waals surface area contributed by atoms with Crippen LogP contribution in [0.4, 0.5) is 0 Å². The van der Waals surface area contributed by atoms with Gasteiger partial charge in [0.05, 0.1) is 0 Å². The molecule has 0 aliphatic carbocycles. The van der Waals surface area contributed by atoms with Crippen LogP contribution in [0.25, 0.3) is 0 Å². The number of benzene rings is 1. The molecule has 6 nitrogen and oxygen atoms in total. The Morgan fingerprint density at radius 3 is 2.96 bits per heavy atom. The second-order valence-electron chi connectivity index (χ2n) is 5.03. The summed E-state index contributed by atoms with van der Waals surface area (Å²) in [7, 11) is 1.63. The SMILES string of the molecule is COCCCNC(=O)c1ccn(COc2ccc(Cl)c(C)c2)n1. The Hall–Kier alpha value is -2.05. The number of nitrogens with one attached hydrogen (secondary N) is 1. The fourth-order valence-electron chi connectivity index (χ4n) is 1.91. The molecular formula is C16H20ClN3O3. The van der Waals surface area contributed by atoms with E-state index >= 15 is 0 Å². The van der Waals surface area contributed by atoms with Crippen LogP contribution in [0.2, 0.25) is 5.02 Å². The number of ether oxygens (including phenoxy) is 2. The van der Waals surface area contributed by atoms with Gasteiger partial charge in [0.2, 0.25) is 0 Å². The van der Waals surface area contributed by atoms with E-state index in [0.29, 0.717) is 29.6 Å². The van der Waals surface area contributed by atoms with Crippen LogP contribution in [0.1, 0.15) is 22.5 Å². The van der Waals surface area contributed by atoms with Gasteiger partial charge in [-0.05, 0) is 43.2 Å². The number of rotatable bonds is 8. The molecule has 124 valence electrons. The molecule has 1 aromatic carbocycles. The van der Waals surface area contributed by atoms with Gasteiger partial charge in [-0.2, -0.15) is 5.10 Å². The third kappa shape index (κ3) is 5.26. The number of hydrogen-bond acceptors (Lipinski definition) is 4. The molecule has 0 aliphatic rings. The van der Waals surface area contributed by atoms with E-state index in [-0.39, 0.29) is 12.6 Å². The minimum atomic E-state index is -0.206. The summed E-state index contributed by atoms with van der Waals surface area (Å²) in [5.74, 6) is 0.496. The lowest BCUT2D eigenvalue weighted by molar-refractivity contribution is 0.0941. The first-order chi connectivity index (χ1) is 11.1. The van der Waals surface area contributed by atoms with Crippen molar-refractivity contribution in [3.63, 3.8) is 0 Å². The Balaban J connectivity index is 1.84. The number of carbonyl (C=O) groups is 1. The van der Waals surface area contributed by atoms with Crippen molar-refractivity contribution >= 4 is 17.5 Å². The van der Waals surface area contributed by atoms with E-state index < -0.39 is 0 Å². The van der Waals surface area contributed by atoms with E-state index in [9.17, 15) is 4.79 Å². The Labute approximate surface area is 140 Å². The Morgan fingerprint density at radius 1 is 1.39 bits per heavy atom. The summed E-state index contributed by atoms with van der Waals surface area (Å²) in [4.78, 5) is 11.9. The van der Waals surface area contributed by atoms with Crippen LogP contribution in [0.15, 0.2) is 30.5 Å². The largest absolute Gasteiger partial charge is 0.471 e. The summed E-state index contributed by atoms with van der Waals surface area (Å²) in [5.41, 5.74) is 1.30. The highest BCUT2D eigenvalue weighted by Crippen LogP contribution is 2.21. The summed E-state index contributed by atoms with van der Waals surface area (Å²) >= 11 is 5.97. The van der Waals surface area contributed by atoms with Crippen molar-refractivity contribution in [2.45, 2.75) is 20.1 Å². The minimum Gasteiger partial charge on any atom is -0.471 e. The lowest BCUT2D eigenvalue weighted by Crippen LogP contribution is -2.25. The number of carbonyl (C=O) groups excluding carboxylic acids is 1. The van der Waals surface area contributed by atoms with Crippen LogP contribution in [-0.2, 0) is 11.5 Å². The molecule has 7 heteroatoms. The summed E-state index contributed by atoms with van der Waals surface area (Å²) in [6.45, 7) is 3.30. The number of nitrogens with zero attached hydrogens (tertiary/aromatic N) is 2. The first kappa shape index (κ1) is 17.3. The normalized spacial score (nSPS) is 10.6. The number of hydrogen-bond donors (Lipinski definition) is 1. The number of aromatic nitrogens is 2. The zero-order valence-corrected chi connectivity index (χ0v) is 14.0. The van der Waals surface area contributed by atoms with E-state index in [2.05, 4.69) is 10.4 Å². The van der Waals surface area contributed by atoms with Crippen LogP contribution in [0.3, 0.4) is 0 Å². The fourth-order valence-corrected chi connectivity index (χ4v) is 2.03. The van der Waals surface area contributed by atoms with Crippen LogP contribution in [0, 0.1) is 6.92 Å². The van der Waals surface area contributed by atoms with E-state index in [1.54, 1.807) is 36.2 Å². The summed E-state index contributed by atoms with van der Waals surface area (Å²) in [5, 5.41) is 7.67. The summed E-state index contributed by atoms with van der Waals surface area (Å²) in [6, 6.07) is 7.09. The molecule has 0 bridgehead atoms. The molecule has 2 aromatic rings. The van der Waals surface area contributed by atoms with Crippen molar-refractivity contribution in [3.8, 4) is 5.75 Å². The first-order valence-corrected chi connectivity index (χ1v) is 7.67. The third-order valence-electron chi connectivity index (χ3n) is 3.18. The minimum absolute atomic E-state index is 0.206. The van der Waals surface area contributed by atoms with Gasteiger partial charge < -0.3 is 14.8 Å². The van der Waals surface area contributed by atoms with Gasteiger partial charge in [-0.1, -0.05) is 11.6 Å². The predicted octanol–water partition coefficient (Wildman–Crippen LogP) is 2.65. The zero-order valence-electron chi connectivity index (χ0n) is 13.2. The van der Waals surface area contributed by atoms with E-state index in [1.165, 1.54) is 0 Å². The highest BCUT2D eigenvalue weighted by Gasteiger charge is 2.09. The highest BCUT2D eigenvalue weighted by atomic mass is 35.5. The summed E-state index contributed by atoms with van der Waals surface area (Å²) in [6.07, 6.45) is 2.47. The Bertz CT molecular complexity index is 658. The summed E-state index contributed by atoms with van der Waals surface area (Å²) < 4.78 is 12.1. The molecule has 0 spiro atoms. The third-order valence-corrected chi connectivity index (χ3v) is 3.60. The van der Waals surface area contributed by atoms with E-state index in [1.807, 2.05) is 13.0 Å². The maximum absolute atomic E-state index is 11.9. The lowest BCUT2D eigenvalue weighted by atomic mass is 10.2. The molecule has 0 aliphatic heterocycles. The first-order valence-electron chi connectivity index (χ1n) is 7.29. The number of methoxy groups -OCH3 is 1. The van der Waals surface area contributed by atoms with Crippen molar-refractivity contribution in [2.75, 3.05) is 20.3 Å². The van der Waals surface area contributed by atoms with Crippen LogP contribution in [0.5, 0.6) is 5.75 Å². The van der Waals surface area contributed by atoms with Crippen LogP contribution in [-0.4, -0.2) is 35.9 Å². The second-order valence-corrected chi connectivity index (χ2v) is 5.43. The standard InChI is InChI=1S/C16H20ClN3O3/c1-12-10-13(4-5-14(12)17)23-11-20-8-6-15(19-20)16(21)18-7-3-9-22-2/h4-6,8,10H,3,7,9,11H2,1-2H3,(H,18,21). The average Bonchev–Trinajstić information content (AvgIpc) is 3.01. The van der Waals surface area contributed by atoms with Crippen molar-refractivity contribution in [2.24, 2.45) is 0 Å². The molecular weight excluding hydrogens is 318 g/mol. The molecule has 0 unspecified atom stereocenters. The van der Waals surface area contributed by atoms with Crippen LogP contribution < -0.4 is 10.1 Å². The molecule has 1 amide bonds. The van der Waals surface area contributed by atoms with Gasteiger partial charge in [0.1, 0.15) is 11.4 Å². The van der Waals surface area contributed by atoms with Gasteiger partial charge in [-0.25, -0.2) is 4.68 Å². The van der Waals surface area contributed by atoms with E-state index in [0.717, 1.165) is 12.0 Å². The molecule has 1 N–H and O–H groups in total. The molecule has 1 aromatic heterocycles. The van der Waals surface area contributed by atoms with Gasteiger partial charge >= 0.3 is 0 Å². The molecule has 0 fully saturated rings. The van der Waals surface area contributed by atoms with Crippen LogP contribution >= 0.6 is 11.6 Å². The molecule has 23 heavy (non-hydrogen) atoms. The topological polar surface area (TPSA) is 65.4 Å². The van der Waals surface area contributed by atoms with Crippen molar-refractivity contribution in [1.29, 1.82) is 0 Å². The van der Waals surface area contributed by atoms with Crippen molar-refractivity contribution < 1.29 is 14.3 Å². The number of halogens is 1. The Morgan fingerprint density at radius 2 is 2.22 bits per heavy atom. The maximum Gasteiger partial charge on any atom is 0.271 e. The quantitative estimate of drug-likeness (QED) is 0.752. The van der Waals surface area contributed by atoms with Crippen molar-refractivity contribution in [3.05, 3.63) is 46.7 Å². The molecule has 2 rings (SSSR count). The molecule has 0 saturated heterocycles. The number of aryl methyl sites for hydroxylation is 1.